The number of hydrogen-bond donors (Lipinski definition) is 1. The zero-order valence-electron chi connectivity index (χ0n) is 27.1. The summed E-state index contributed by atoms with van der Waals surface area (Å²) in [5.74, 6) is 0.777. The molecular formula is C40H30Cl4N6. The van der Waals surface area contributed by atoms with E-state index in [0.29, 0.717) is 44.3 Å². The van der Waals surface area contributed by atoms with E-state index in [4.69, 9.17) is 62.1 Å². The van der Waals surface area contributed by atoms with Gasteiger partial charge in [0, 0.05) is 44.0 Å². The van der Waals surface area contributed by atoms with E-state index in [1.165, 1.54) is 6.33 Å². The second-order valence-corrected chi connectivity index (χ2v) is 13.4. The molecule has 0 spiro atoms. The van der Waals surface area contributed by atoms with Crippen molar-refractivity contribution < 1.29 is 0 Å². The number of pyridine rings is 2. The summed E-state index contributed by atoms with van der Waals surface area (Å²) in [6.07, 6.45) is 3.27. The van der Waals surface area contributed by atoms with Crippen molar-refractivity contribution in [2.24, 2.45) is 0 Å². The molecule has 2 N–H and O–H groups in total. The fourth-order valence-corrected chi connectivity index (χ4v) is 7.13. The third kappa shape index (κ3) is 6.48. The summed E-state index contributed by atoms with van der Waals surface area (Å²) < 4.78 is 1.97. The van der Waals surface area contributed by atoms with Gasteiger partial charge in [-0.25, -0.2) is 19.9 Å². The fourth-order valence-electron chi connectivity index (χ4n) is 6.18. The Morgan fingerprint density at radius 1 is 0.640 bits per heavy atom. The number of anilines is 1. The Hall–Kier alpha value is -4.72. The van der Waals surface area contributed by atoms with Crippen molar-refractivity contribution in [3.05, 3.63) is 147 Å². The van der Waals surface area contributed by atoms with E-state index < -0.39 is 0 Å². The number of nitrogens with two attached hydrogens (primary N) is 1. The van der Waals surface area contributed by atoms with Gasteiger partial charge in [-0.2, -0.15) is 0 Å². The first-order valence-electron chi connectivity index (χ1n) is 15.8. The van der Waals surface area contributed by atoms with Gasteiger partial charge in [0.1, 0.15) is 17.8 Å². The summed E-state index contributed by atoms with van der Waals surface area (Å²) in [4.78, 5) is 18.3. The van der Waals surface area contributed by atoms with Crippen molar-refractivity contribution in [3.63, 3.8) is 0 Å². The van der Waals surface area contributed by atoms with Crippen LogP contribution in [0, 0.1) is 13.8 Å². The summed E-state index contributed by atoms with van der Waals surface area (Å²) in [6.45, 7) is 4.63. The highest BCUT2D eigenvalue weighted by atomic mass is 35.5. The lowest BCUT2D eigenvalue weighted by atomic mass is 10.0. The number of nitrogen functional groups attached to an aromatic ring is 1. The first-order chi connectivity index (χ1) is 24.2. The van der Waals surface area contributed by atoms with Gasteiger partial charge in [-0.05, 0) is 60.4 Å². The number of para-hydroxylation sites is 2. The average molecular weight is 737 g/mol. The monoisotopic (exact) mass is 734 g/mol. The summed E-state index contributed by atoms with van der Waals surface area (Å²) in [5, 5.41) is 4.70. The highest BCUT2D eigenvalue weighted by Gasteiger charge is 2.17. The number of rotatable bonds is 5. The maximum absolute atomic E-state index is 6.54. The molecule has 0 unspecified atom stereocenters. The van der Waals surface area contributed by atoms with Crippen LogP contribution < -0.4 is 5.73 Å². The third-order valence-corrected chi connectivity index (χ3v) is 9.87. The normalized spacial score (nSPS) is 11.2. The van der Waals surface area contributed by atoms with Crippen LogP contribution in [-0.4, -0.2) is 24.5 Å². The van der Waals surface area contributed by atoms with Crippen molar-refractivity contribution in [3.8, 4) is 22.5 Å². The van der Waals surface area contributed by atoms with Crippen molar-refractivity contribution in [1.29, 1.82) is 0 Å². The van der Waals surface area contributed by atoms with Crippen molar-refractivity contribution in [1.82, 2.24) is 24.5 Å². The van der Waals surface area contributed by atoms with E-state index in [0.717, 1.165) is 66.6 Å². The topological polar surface area (TPSA) is 82.5 Å². The smallest absolute Gasteiger partial charge is 0.147 e. The molecular weight excluding hydrogens is 706 g/mol. The Morgan fingerprint density at radius 3 is 1.74 bits per heavy atom. The Labute approximate surface area is 309 Å². The molecule has 0 aliphatic rings. The zero-order chi connectivity index (χ0) is 34.9. The minimum Gasteiger partial charge on any atom is -0.383 e. The van der Waals surface area contributed by atoms with Crippen molar-refractivity contribution >= 4 is 85.1 Å². The second kappa shape index (κ2) is 14.3. The number of aromatic nitrogens is 5. The van der Waals surface area contributed by atoms with Crippen LogP contribution >= 0.6 is 46.4 Å². The van der Waals surface area contributed by atoms with Crippen LogP contribution in [0.2, 0.25) is 15.1 Å². The molecule has 0 fully saturated rings. The van der Waals surface area contributed by atoms with Crippen LogP contribution in [0.5, 0.6) is 0 Å². The number of fused-ring (bicyclic) bond motifs is 3. The van der Waals surface area contributed by atoms with E-state index in [1.54, 1.807) is 0 Å². The highest BCUT2D eigenvalue weighted by molar-refractivity contribution is 6.36. The molecule has 0 amide bonds. The summed E-state index contributed by atoms with van der Waals surface area (Å²) in [5.41, 5.74) is 16.4. The predicted molar refractivity (Wildman–Crippen MR) is 209 cm³/mol. The maximum Gasteiger partial charge on any atom is 0.147 e. The van der Waals surface area contributed by atoms with E-state index >= 15 is 0 Å². The quantitative estimate of drug-likeness (QED) is 0.178. The molecule has 50 heavy (non-hydrogen) atoms. The van der Waals surface area contributed by atoms with Crippen LogP contribution in [0.25, 0.3) is 55.4 Å². The lowest BCUT2D eigenvalue weighted by Crippen LogP contribution is -2.04. The lowest BCUT2D eigenvalue weighted by Gasteiger charge is -2.14. The lowest BCUT2D eigenvalue weighted by molar-refractivity contribution is 0.823. The third-order valence-electron chi connectivity index (χ3n) is 8.63. The Kier molecular flexibility index (Phi) is 9.63. The number of benzene rings is 4. The van der Waals surface area contributed by atoms with Crippen molar-refractivity contribution in [2.45, 2.75) is 26.3 Å². The van der Waals surface area contributed by atoms with E-state index in [1.807, 2.05) is 71.4 Å². The first kappa shape index (κ1) is 33.8. The average Bonchev–Trinajstić information content (AvgIpc) is 3.44. The minimum atomic E-state index is 0.363. The Bertz CT molecular complexity index is 2550. The van der Waals surface area contributed by atoms with Crippen LogP contribution in [0.1, 0.15) is 22.3 Å². The standard InChI is InChI=1S/C23H17Cl2N5.C17H13Cl2N/c1-13-5-4-6-14-9-15(21(29-20(13)14)16-7-2-3-8-17(16)24)10-30-11-18(25)19-22(26)27-12-28-23(19)30;1-11-5-4-6-12-9-13(10-18)17(20-16(11)12)14-7-2-3-8-15(14)19/h2-9,11-12H,10H2,1H3,(H2,26,27,28);2-9H,10H2,1H3. The van der Waals surface area contributed by atoms with E-state index in [2.05, 4.69) is 60.2 Å². The minimum absolute atomic E-state index is 0.363. The van der Waals surface area contributed by atoms with Gasteiger partial charge in [0.2, 0.25) is 0 Å². The van der Waals surface area contributed by atoms with Gasteiger partial charge >= 0.3 is 0 Å². The van der Waals surface area contributed by atoms with Gasteiger partial charge in [0.05, 0.1) is 39.4 Å². The molecule has 248 valence electrons. The van der Waals surface area contributed by atoms with Gasteiger partial charge in [-0.3, -0.25) is 0 Å². The molecule has 0 saturated carbocycles. The predicted octanol–water partition coefficient (Wildman–Crippen LogP) is 11.5. The molecule has 0 aliphatic heterocycles. The number of nitrogens with zero attached hydrogens (tertiary/aromatic N) is 5. The summed E-state index contributed by atoms with van der Waals surface area (Å²) >= 11 is 25.4. The van der Waals surface area contributed by atoms with Gasteiger partial charge in [0.15, 0.2) is 0 Å². The van der Waals surface area contributed by atoms with Crippen LogP contribution in [0.4, 0.5) is 5.82 Å². The summed E-state index contributed by atoms with van der Waals surface area (Å²) in [6, 6.07) is 32.0. The molecule has 6 nitrogen and oxygen atoms in total. The van der Waals surface area contributed by atoms with Gasteiger partial charge in [-0.1, -0.05) is 108 Å². The molecule has 0 saturated heterocycles. The second-order valence-electron chi connectivity index (χ2n) is 11.9. The van der Waals surface area contributed by atoms with Crippen LogP contribution in [0.3, 0.4) is 0 Å². The maximum atomic E-state index is 6.54. The number of aryl methyl sites for hydroxylation is 2. The largest absolute Gasteiger partial charge is 0.383 e. The van der Waals surface area contributed by atoms with Crippen LogP contribution in [-0.2, 0) is 12.4 Å². The molecule has 0 aliphatic carbocycles. The SMILES string of the molecule is Cc1cccc2cc(CCl)c(-c3ccccc3Cl)nc12.Cc1cccc2cc(Cn3cc(Cl)c4c(N)ncnc43)c(-c3ccccc3Cl)nc12. The Balaban J connectivity index is 0.000000170. The fraction of sp³-hybridized carbons (Fsp3) is 0.100. The Morgan fingerprint density at radius 2 is 1.18 bits per heavy atom. The van der Waals surface area contributed by atoms with Gasteiger partial charge < -0.3 is 10.3 Å². The molecule has 4 heterocycles. The molecule has 8 rings (SSSR count). The van der Waals surface area contributed by atoms with Crippen molar-refractivity contribution in [2.75, 3.05) is 5.73 Å². The first-order valence-corrected chi connectivity index (χ1v) is 17.5. The van der Waals surface area contributed by atoms with Gasteiger partial charge in [0.25, 0.3) is 0 Å². The van der Waals surface area contributed by atoms with E-state index in [9.17, 15) is 0 Å². The molecule has 4 aromatic heterocycles. The number of halogens is 4. The van der Waals surface area contributed by atoms with Gasteiger partial charge in [-0.15, -0.1) is 11.6 Å². The summed E-state index contributed by atoms with van der Waals surface area (Å²) in [7, 11) is 0. The molecule has 0 atom stereocenters. The molecule has 0 radical (unpaired) electrons. The number of hydrogen-bond acceptors (Lipinski definition) is 5. The molecule has 0 bridgehead atoms. The van der Waals surface area contributed by atoms with Crippen LogP contribution in [0.15, 0.2) is 110 Å². The highest BCUT2D eigenvalue weighted by Crippen LogP contribution is 2.35. The molecule has 4 aromatic carbocycles. The van der Waals surface area contributed by atoms with E-state index in [-0.39, 0.29) is 0 Å². The molecule has 8 aromatic rings. The molecule has 10 heteroatoms. The zero-order valence-corrected chi connectivity index (χ0v) is 30.2. The number of alkyl halides is 1.